The van der Waals surface area contributed by atoms with Crippen molar-refractivity contribution in [2.24, 2.45) is 0 Å². The van der Waals surface area contributed by atoms with E-state index >= 15 is 0 Å². The summed E-state index contributed by atoms with van der Waals surface area (Å²) in [4.78, 5) is 18.4. The Hall–Kier alpha value is -2.22. The van der Waals surface area contributed by atoms with Crippen molar-refractivity contribution >= 4 is 17.2 Å². The van der Waals surface area contributed by atoms with Crippen LogP contribution in [0.1, 0.15) is 23.2 Å². The number of hydrogen-bond donors (Lipinski definition) is 0. The van der Waals surface area contributed by atoms with Crippen LogP contribution in [0.3, 0.4) is 0 Å². The molecule has 1 amide bonds. The molecule has 7 nitrogen and oxygen atoms in total. The summed E-state index contributed by atoms with van der Waals surface area (Å²) in [7, 11) is 1.52. The molecule has 0 saturated carbocycles. The van der Waals surface area contributed by atoms with Gasteiger partial charge in [0, 0.05) is 32.1 Å². The van der Waals surface area contributed by atoms with Crippen molar-refractivity contribution in [3.8, 4) is 11.1 Å². The number of likely N-dealkylation sites (tertiary alicyclic amines) is 1. The Morgan fingerprint density at radius 3 is 2.91 bits per heavy atom. The Labute approximate surface area is 131 Å². The lowest BCUT2D eigenvalue weighted by Crippen LogP contribution is -2.41. The lowest BCUT2D eigenvalue weighted by molar-refractivity contribution is 0.0590. The van der Waals surface area contributed by atoms with Gasteiger partial charge >= 0.3 is 0 Å². The summed E-state index contributed by atoms with van der Waals surface area (Å²) in [6.45, 7) is 1.28. The van der Waals surface area contributed by atoms with Crippen LogP contribution >= 0.6 is 11.3 Å². The SMILES string of the molecule is COc1ncccc1C(=O)N1CCC(Oc2nncs2)CC1. The summed E-state index contributed by atoms with van der Waals surface area (Å²) in [5.74, 6) is 0.305. The Balaban J connectivity index is 1.60. The van der Waals surface area contributed by atoms with Crippen molar-refractivity contribution in [3.63, 3.8) is 0 Å². The zero-order valence-corrected chi connectivity index (χ0v) is 13.0. The van der Waals surface area contributed by atoms with E-state index in [1.54, 1.807) is 28.7 Å². The molecule has 22 heavy (non-hydrogen) atoms. The van der Waals surface area contributed by atoms with Crippen molar-refractivity contribution in [2.45, 2.75) is 18.9 Å². The molecule has 0 aliphatic carbocycles. The standard InChI is InChI=1S/C14H16N4O3S/c1-20-12-11(3-2-6-15-12)13(19)18-7-4-10(5-8-18)21-14-17-16-9-22-14/h2-3,6,9-10H,4-5,7-8H2,1H3. The Morgan fingerprint density at radius 1 is 1.41 bits per heavy atom. The molecule has 0 aromatic carbocycles. The highest BCUT2D eigenvalue weighted by Crippen LogP contribution is 2.22. The number of aromatic nitrogens is 3. The number of hydrogen-bond acceptors (Lipinski definition) is 7. The van der Waals surface area contributed by atoms with Crippen LogP contribution in [0.2, 0.25) is 0 Å². The van der Waals surface area contributed by atoms with Crippen LogP contribution in [-0.2, 0) is 0 Å². The molecule has 2 aromatic heterocycles. The first-order valence-corrected chi connectivity index (χ1v) is 7.87. The molecule has 3 rings (SSSR count). The Bertz CT molecular complexity index is 627. The molecule has 1 fully saturated rings. The highest BCUT2D eigenvalue weighted by atomic mass is 32.1. The number of rotatable bonds is 4. The first-order valence-electron chi connectivity index (χ1n) is 6.99. The zero-order valence-electron chi connectivity index (χ0n) is 12.1. The van der Waals surface area contributed by atoms with Crippen LogP contribution in [-0.4, -0.2) is 52.3 Å². The van der Waals surface area contributed by atoms with Crippen LogP contribution in [0, 0.1) is 0 Å². The summed E-state index contributed by atoms with van der Waals surface area (Å²) in [6, 6.07) is 3.47. The molecule has 0 atom stereocenters. The molecule has 1 aliphatic rings. The van der Waals surface area contributed by atoms with E-state index in [1.165, 1.54) is 18.4 Å². The topological polar surface area (TPSA) is 77.4 Å². The number of amides is 1. The van der Waals surface area contributed by atoms with Gasteiger partial charge in [-0.2, -0.15) is 0 Å². The molecule has 1 aliphatic heterocycles. The van der Waals surface area contributed by atoms with Gasteiger partial charge in [0.05, 0.1) is 7.11 Å². The van der Waals surface area contributed by atoms with Crippen molar-refractivity contribution in [2.75, 3.05) is 20.2 Å². The van der Waals surface area contributed by atoms with E-state index in [1.807, 2.05) is 0 Å². The quantitative estimate of drug-likeness (QED) is 0.852. The minimum atomic E-state index is -0.0562. The molecule has 8 heteroatoms. The van der Waals surface area contributed by atoms with Crippen LogP contribution in [0.4, 0.5) is 0 Å². The van der Waals surface area contributed by atoms with Gasteiger partial charge in [0.1, 0.15) is 17.2 Å². The highest BCUT2D eigenvalue weighted by Gasteiger charge is 2.27. The van der Waals surface area contributed by atoms with Gasteiger partial charge < -0.3 is 14.4 Å². The lowest BCUT2D eigenvalue weighted by atomic mass is 10.1. The molecule has 2 aromatic rings. The monoisotopic (exact) mass is 320 g/mol. The molecule has 116 valence electrons. The number of methoxy groups -OCH3 is 1. The van der Waals surface area contributed by atoms with E-state index in [9.17, 15) is 4.79 Å². The fraction of sp³-hybridized carbons (Fsp3) is 0.429. The second-order valence-electron chi connectivity index (χ2n) is 4.87. The fourth-order valence-corrected chi connectivity index (χ4v) is 2.89. The maximum Gasteiger partial charge on any atom is 0.294 e. The number of pyridine rings is 1. The summed E-state index contributed by atoms with van der Waals surface area (Å²) in [6.07, 6.45) is 3.23. The highest BCUT2D eigenvalue weighted by molar-refractivity contribution is 7.11. The zero-order chi connectivity index (χ0) is 15.4. The normalized spacial score (nSPS) is 15.6. The number of carbonyl (C=O) groups is 1. The second-order valence-corrected chi connectivity index (χ2v) is 5.67. The van der Waals surface area contributed by atoms with Gasteiger partial charge in [-0.25, -0.2) is 4.98 Å². The minimum absolute atomic E-state index is 0.0562. The van der Waals surface area contributed by atoms with E-state index in [0.717, 1.165) is 12.8 Å². The first-order chi connectivity index (χ1) is 10.8. The third kappa shape index (κ3) is 3.16. The molecule has 0 bridgehead atoms. The predicted octanol–water partition coefficient (Wildman–Crippen LogP) is 1.63. The average Bonchev–Trinajstić information content (AvgIpc) is 3.08. The summed E-state index contributed by atoms with van der Waals surface area (Å²) in [5, 5.41) is 8.21. The smallest absolute Gasteiger partial charge is 0.294 e. The number of carbonyl (C=O) groups excluding carboxylic acids is 1. The van der Waals surface area contributed by atoms with E-state index in [2.05, 4.69) is 15.2 Å². The van der Waals surface area contributed by atoms with E-state index in [0.29, 0.717) is 29.7 Å². The number of piperidine rings is 1. The van der Waals surface area contributed by atoms with Crippen molar-refractivity contribution in [1.29, 1.82) is 0 Å². The van der Waals surface area contributed by atoms with Gasteiger partial charge in [-0.3, -0.25) is 4.79 Å². The van der Waals surface area contributed by atoms with Gasteiger partial charge in [0.15, 0.2) is 0 Å². The van der Waals surface area contributed by atoms with Gasteiger partial charge in [0.2, 0.25) is 5.88 Å². The molecule has 0 spiro atoms. The molecular formula is C14H16N4O3S. The average molecular weight is 320 g/mol. The molecule has 0 radical (unpaired) electrons. The van der Waals surface area contributed by atoms with Gasteiger partial charge in [-0.1, -0.05) is 11.3 Å². The molecule has 0 N–H and O–H groups in total. The van der Waals surface area contributed by atoms with E-state index < -0.39 is 0 Å². The molecule has 0 unspecified atom stereocenters. The third-order valence-corrected chi connectivity index (χ3v) is 4.11. The first kappa shape index (κ1) is 14.7. The van der Waals surface area contributed by atoms with Gasteiger partial charge in [-0.15, -0.1) is 10.2 Å². The van der Waals surface area contributed by atoms with E-state index in [-0.39, 0.29) is 12.0 Å². The summed E-state index contributed by atoms with van der Waals surface area (Å²) < 4.78 is 10.9. The van der Waals surface area contributed by atoms with Crippen LogP contribution in [0.25, 0.3) is 0 Å². The predicted molar refractivity (Wildman–Crippen MR) is 80.3 cm³/mol. The number of nitrogens with zero attached hydrogens (tertiary/aromatic N) is 4. The van der Waals surface area contributed by atoms with Crippen molar-refractivity contribution < 1.29 is 14.3 Å². The second kappa shape index (κ2) is 6.69. The maximum absolute atomic E-state index is 12.5. The molecule has 3 heterocycles. The summed E-state index contributed by atoms with van der Waals surface area (Å²) in [5.41, 5.74) is 2.14. The number of ether oxygens (including phenoxy) is 2. The van der Waals surface area contributed by atoms with Crippen molar-refractivity contribution in [1.82, 2.24) is 20.1 Å². The van der Waals surface area contributed by atoms with Crippen LogP contribution in [0.5, 0.6) is 11.1 Å². The van der Waals surface area contributed by atoms with E-state index in [4.69, 9.17) is 9.47 Å². The molecular weight excluding hydrogens is 304 g/mol. The summed E-state index contributed by atoms with van der Waals surface area (Å²) >= 11 is 1.38. The van der Waals surface area contributed by atoms with Gasteiger partial charge in [-0.05, 0) is 12.1 Å². The Morgan fingerprint density at radius 2 is 2.23 bits per heavy atom. The largest absolute Gasteiger partial charge is 0.480 e. The fourth-order valence-electron chi connectivity index (χ4n) is 2.42. The van der Waals surface area contributed by atoms with Crippen LogP contribution in [0.15, 0.2) is 23.8 Å². The maximum atomic E-state index is 12.5. The molecule has 1 saturated heterocycles. The lowest BCUT2D eigenvalue weighted by Gasteiger charge is -2.31. The van der Waals surface area contributed by atoms with Crippen molar-refractivity contribution in [3.05, 3.63) is 29.4 Å². The third-order valence-electron chi connectivity index (χ3n) is 3.53. The van der Waals surface area contributed by atoms with Gasteiger partial charge in [0.25, 0.3) is 11.1 Å². The minimum Gasteiger partial charge on any atom is -0.480 e. The van der Waals surface area contributed by atoms with Crippen LogP contribution < -0.4 is 9.47 Å². The Kier molecular flexibility index (Phi) is 4.47.